The van der Waals surface area contributed by atoms with Crippen LogP contribution in [0.3, 0.4) is 0 Å². The van der Waals surface area contributed by atoms with Gasteiger partial charge in [0.15, 0.2) is 5.82 Å². The Bertz CT molecular complexity index is 1980. The molecule has 8 rings (SSSR count). The number of anilines is 1. The van der Waals surface area contributed by atoms with Crippen LogP contribution in [0.1, 0.15) is 57.9 Å². The molecule has 11 heteroatoms. The number of hydrogen-bond acceptors (Lipinski definition) is 8. The van der Waals surface area contributed by atoms with E-state index in [2.05, 4.69) is 32.6 Å². The van der Waals surface area contributed by atoms with E-state index >= 15 is 4.39 Å². The zero-order chi connectivity index (χ0) is 32.6. The second-order valence-corrected chi connectivity index (χ2v) is 13.6. The van der Waals surface area contributed by atoms with Gasteiger partial charge < -0.3 is 19.6 Å². The first-order valence-electron chi connectivity index (χ1n) is 16.4. The summed E-state index contributed by atoms with van der Waals surface area (Å²) in [5, 5.41) is 11.7. The van der Waals surface area contributed by atoms with Crippen molar-refractivity contribution in [3.8, 4) is 35.4 Å². The van der Waals surface area contributed by atoms with Crippen LogP contribution in [0.15, 0.2) is 30.5 Å². The predicted molar refractivity (Wildman–Crippen MR) is 174 cm³/mol. The maximum absolute atomic E-state index is 16.9. The molecule has 0 aliphatic carbocycles. The Hall–Kier alpha value is -4.56. The maximum atomic E-state index is 16.9. The van der Waals surface area contributed by atoms with Crippen LogP contribution in [0.25, 0.3) is 32.9 Å². The Kier molecular flexibility index (Phi) is 6.99. The number of hydrogen-bond donors (Lipinski definition) is 1. The number of rotatable bonds is 5. The molecule has 0 saturated carbocycles. The van der Waals surface area contributed by atoms with Gasteiger partial charge in [-0.1, -0.05) is 12.0 Å². The molecule has 242 valence electrons. The third-order valence-electron chi connectivity index (χ3n) is 10.9. The van der Waals surface area contributed by atoms with Crippen LogP contribution in [-0.4, -0.2) is 85.7 Å². The molecule has 9 nitrogen and oxygen atoms in total. The summed E-state index contributed by atoms with van der Waals surface area (Å²) in [5.74, 6) is 1.42. The predicted octanol–water partition coefficient (Wildman–Crippen LogP) is 5.41. The lowest BCUT2D eigenvalue weighted by molar-refractivity contribution is -0.132. The molecule has 2 aromatic heterocycles. The summed E-state index contributed by atoms with van der Waals surface area (Å²) in [6.45, 7) is 6.36. The fourth-order valence-electron chi connectivity index (χ4n) is 8.83. The molecule has 0 radical (unpaired) electrons. The molecule has 4 aliphatic rings. The summed E-state index contributed by atoms with van der Waals surface area (Å²) < 4.78 is 38.2. The zero-order valence-corrected chi connectivity index (χ0v) is 26.5. The first-order chi connectivity index (χ1) is 22.7. The molecule has 4 fully saturated rings. The quantitative estimate of drug-likeness (QED) is 0.291. The second-order valence-electron chi connectivity index (χ2n) is 13.6. The first-order valence-corrected chi connectivity index (χ1v) is 16.4. The maximum Gasteiger partial charge on any atom is 0.319 e. The number of fused-ring (bicyclic) bond motifs is 5. The highest BCUT2D eigenvalue weighted by molar-refractivity contribution is 6.03. The van der Waals surface area contributed by atoms with Gasteiger partial charge in [0, 0.05) is 55.3 Å². The molecule has 47 heavy (non-hydrogen) atoms. The molecule has 2 bridgehead atoms. The van der Waals surface area contributed by atoms with Crippen LogP contribution in [0.5, 0.6) is 11.8 Å². The third kappa shape index (κ3) is 4.67. The summed E-state index contributed by atoms with van der Waals surface area (Å²) >= 11 is 0. The number of nitrogens with zero attached hydrogens (tertiary/aromatic N) is 6. The number of benzene rings is 2. The molecule has 2 aromatic carbocycles. The van der Waals surface area contributed by atoms with Gasteiger partial charge in [-0.25, -0.2) is 8.78 Å². The van der Waals surface area contributed by atoms with Gasteiger partial charge in [-0.05, 0) is 75.6 Å². The van der Waals surface area contributed by atoms with Crippen molar-refractivity contribution in [2.24, 2.45) is 0 Å². The number of carbonyl (C=O) groups is 1. The Morgan fingerprint density at radius 3 is 2.68 bits per heavy atom. The Labute approximate surface area is 271 Å². The highest BCUT2D eigenvalue weighted by Crippen LogP contribution is 2.43. The smallest absolute Gasteiger partial charge is 0.319 e. The van der Waals surface area contributed by atoms with E-state index in [1.54, 1.807) is 6.92 Å². The number of phenols is 1. The normalized spacial score (nSPS) is 25.5. The second kappa shape index (κ2) is 11.0. The lowest BCUT2D eigenvalue weighted by Gasteiger charge is -2.41. The van der Waals surface area contributed by atoms with E-state index < -0.39 is 11.6 Å². The topological polar surface area (TPSA) is 94.9 Å². The SMILES string of the molecule is C#Cc1c(F)ccc2cc(O)cc(-c3ncc4c(N5CC6CCC(C5)N6C(C)=O)nc(OCC56CCCN5C(C)CC6)nc4c3F)c12. The summed E-state index contributed by atoms with van der Waals surface area (Å²) in [5.41, 5.74) is -0.101. The summed E-state index contributed by atoms with van der Waals surface area (Å²) in [6.07, 6.45) is 13.2. The number of ether oxygens (including phenoxy) is 1. The molecule has 1 amide bonds. The van der Waals surface area contributed by atoms with Gasteiger partial charge in [0.25, 0.3) is 0 Å². The molecular formula is C36H36F2N6O3. The van der Waals surface area contributed by atoms with Crippen LogP contribution in [-0.2, 0) is 4.79 Å². The Balaban J connectivity index is 1.27. The van der Waals surface area contributed by atoms with Crippen LogP contribution >= 0.6 is 0 Å². The fraction of sp³-hybridized carbons (Fsp3) is 0.444. The summed E-state index contributed by atoms with van der Waals surface area (Å²) in [7, 11) is 0. The van der Waals surface area contributed by atoms with Crippen LogP contribution in [0, 0.1) is 24.0 Å². The molecule has 4 unspecified atom stereocenters. The van der Waals surface area contributed by atoms with Gasteiger partial charge >= 0.3 is 6.01 Å². The van der Waals surface area contributed by atoms with Gasteiger partial charge in [-0.3, -0.25) is 14.7 Å². The van der Waals surface area contributed by atoms with E-state index in [1.165, 1.54) is 30.5 Å². The van der Waals surface area contributed by atoms with Gasteiger partial charge in [-0.2, -0.15) is 9.97 Å². The number of piperazine rings is 1. The Morgan fingerprint density at radius 1 is 1.15 bits per heavy atom. The van der Waals surface area contributed by atoms with Gasteiger partial charge in [-0.15, -0.1) is 6.42 Å². The number of aromatic nitrogens is 3. The van der Waals surface area contributed by atoms with E-state index in [4.69, 9.17) is 16.1 Å². The fourth-order valence-corrected chi connectivity index (χ4v) is 8.83. The zero-order valence-electron chi connectivity index (χ0n) is 26.5. The average molecular weight is 639 g/mol. The average Bonchev–Trinajstić information content (AvgIpc) is 3.70. The molecule has 6 heterocycles. The van der Waals surface area contributed by atoms with E-state index in [0.717, 1.165) is 45.1 Å². The first kappa shape index (κ1) is 29.8. The van der Waals surface area contributed by atoms with Gasteiger partial charge in [0.1, 0.15) is 35.2 Å². The van der Waals surface area contributed by atoms with Crippen molar-refractivity contribution in [3.63, 3.8) is 0 Å². The highest BCUT2D eigenvalue weighted by Gasteiger charge is 2.48. The van der Waals surface area contributed by atoms with E-state index in [0.29, 0.717) is 42.3 Å². The van der Waals surface area contributed by atoms with Crippen molar-refractivity contribution in [2.75, 3.05) is 31.1 Å². The number of pyridine rings is 1. The minimum Gasteiger partial charge on any atom is -0.508 e. The lowest BCUT2D eigenvalue weighted by atomic mass is 9.95. The molecule has 4 aliphatic heterocycles. The summed E-state index contributed by atoms with van der Waals surface area (Å²) in [6, 6.07) is 6.11. The van der Waals surface area contributed by atoms with Crippen molar-refractivity contribution in [3.05, 3.63) is 47.7 Å². The van der Waals surface area contributed by atoms with Crippen molar-refractivity contribution in [1.29, 1.82) is 0 Å². The number of terminal acetylenes is 1. The lowest BCUT2D eigenvalue weighted by Crippen LogP contribution is -2.55. The number of carbonyl (C=O) groups excluding carboxylic acids is 1. The van der Waals surface area contributed by atoms with Gasteiger partial charge in [0.2, 0.25) is 5.91 Å². The Morgan fingerprint density at radius 2 is 1.94 bits per heavy atom. The van der Waals surface area contributed by atoms with Crippen LogP contribution < -0.4 is 9.64 Å². The number of aromatic hydroxyl groups is 1. The van der Waals surface area contributed by atoms with E-state index in [-0.39, 0.29) is 63.0 Å². The van der Waals surface area contributed by atoms with Gasteiger partial charge in [0.05, 0.1) is 16.5 Å². The van der Waals surface area contributed by atoms with E-state index in [1.807, 2.05) is 4.90 Å². The minimum atomic E-state index is -0.754. The monoisotopic (exact) mass is 638 g/mol. The third-order valence-corrected chi connectivity index (χ3v) is 10.9. The van der Waals surface area contributed by atoms with Crippen LogP contribution in [0.4, 0.5) is 14.6 Å². The molecule has 4 saturated heterocycles. The van der Waals surface area contributed by atoms with E-state index in [9.17, 15) is 14.3 Å². The largest absolute Gasteiger partial charge is 0.508 e. The summed E-state index contributed by atoms with van der Waals surface area (Å²) in [4.78, 5) is 33.0. The van der Waals surface area contributed by atoms with Crippen molar-refractivity contribution >= 4 is 33.4 Å². The number of amides is 1. The highest BCUT2D eigenvalue weighted by atomic mass is 19.1. The molecule has 0 spiro atoms. The van der Waals surface area contributed by atoms with Crippen molar-refractivity contribution < 1.29 is 23.4 Å². The number of halogens is 2. The molecule has 4 aromatic rings. The minimum absolute atomic E-state index is 0.00654. The van der Waals surface area contributed by atoms with Crippen LogP contribution in [0.2, 0.25) is 0 Å². The number of phenolic OH excluding ortho intramolecular Hbond substituents is 1. The molecular weight excluding hydrogens is 602 g/mol. The standard InChI is InChI=1S/C36H36F2N6O3/c1-4-26-29(37)9-6-22-14-25(46)15-27(30(22)26)32-31(38)33-28(16-39-32)34(42-17-23-7-8-24(18-42)44(23)21(3)45)41-35(40-33)47-19-36-11-5-13-43(36)20(2)10-12-36/h1,6,9,14-16,20,23-24,46H,5,7-8,10-13,17-19H2,2-3H3. The molecule has 4 atom stereocenters. The molecule has 1 N–H and O–H groups in total. The van der Waals surface area contributed by atoms with Crippen molar-refractivity contribution in [1.82, 2.24) is 24.8 Å². The van der Waals surface area contributed by atoms with Crippen molar-refractivity contribution in [2.45, 2.75) is 76.0 Å².